The SMILES string of the molecule is O=C(O)C1CC(=O)N(c2cnccc2Br)C1. The van der Waals surface area contributed by atoms with Gasteiger partial charge in [0, 0.05) is 23.6 Å². The quantitative estimate of drug-likeness (QED) is 0.888. The summed E-state index contributed by atoms with van der Waals surface area (Å²) in [6.45, 7) is 0.207. The van der Waals surface area contributed by atoms with Gasteiger partial charge in [0.1, 0.15) is 0 Å². The summed E-state index contributed by atoms with van der Waals surface area (Å²) in [4.78, 5) is 27.8. The summed E-state index contributed by atoms with van der Waals surface area (Å²) in [5.74, 6) is -1.74. The summed E-state index contributed by atoms with van der Waals surface area (Å²) in [5.41, 5.74) is 0.622. The molecule has 1 N–H and O–H groups in total. The number of pyridine rings is 1. The number of amides is 1. The van der Waals surface area contributed by atoms with Crippen LogP contribution in [0.3, 0.4) is 0 Å². The van der Waals surface area contributed by atoms with Crippen LogP contribution in [0.1, 0.15) is 6.42 Å². The molecule has 1 aromatic heterocycles. The maximum Gasteiger partial charge on any atom is 0.308 e. The summed E-state index contributed by atoms with van der Waals surface area (Å²) in [6, 6.07) is 1.72. The van der Waals surface area contributed by atoms with Crippen LogP contribution in [-0.4, -0.2) is 28.5 Å². The molecule has 0 saturated carbocycles. The molecule has 0 radical (unpaired) electrons. The molecule has 1 atom stereocenters. The fourth-order valence-electron chi connectivity index (χ4n) is 1.67. The third-order valence-electron chi connectivity index (χ3n) is 2.51. The van der Waals surface area contributed by atoms with E-state index in [2.05, 4.69) is 20.9 Å². The van der Waals surface area contributed by atoms with Gasteiger partial charge in [0.2, 0.25) is 5.91 Å². The smallest absolute Gasteiger partial charge is 0.308 e. The van der Waals surface area contributed by atoms with Gasteiger partial charge < -0.3 is 10.0 Å². The molecule has 1 amide bonds. The average molecular weight is 285 g/mol. The standard InChI is InChI=1S/C10H9BrN2O3/c11-7-1-2-12-4-8(7)13-5-6(10(15)16)3-9(13)14/h1-2,4,6H,3,5H2,(H,15,16). The maximum absolute atomic E-state index is 11.7. The van der Waals surface area contributed by atoms with Gasteiger partial charge in [0.25, 0.3) is 0 Å². The molecular weight excluding hydrogens is 276 g/mol. The maximum atomic E-state index is 11.7. The number of hydrogen-bond acceptors (Lipinski definition) is 3. The van der Waals surface area contributed by atoms with Gasteiger partial charge in [-0.25, -0.2) is 0 Å². The van der Waals surface area contributed by atoms with Crippen molar-refractivity contribution in [2.45, 2.75) is 6.42 Å². The van der Waals surface area contributed by atoms with E-state index < -0.39 is 11.9 Å². The molecule has 1 fully saturated rings. The highest BCUT2D eigenvalue weighted by molar-refractivity contribution is 9.10. The van der Waals surface area contributed by atoms with Gasteiger partial charge in [-0.3, -0.25) is 14.6 Å². The van der Waals surface area contributed by atoms with Gasteiger partial charge in [-0.05, 0) is 22.0 Å². The van der Waals surface area contributed by atoms with Gasteiger partial charge >= 0.3 is 5.97 Å². The Morgan fingerprint density at radius 2 is 2.38 bits per heavy atom. The van der Waals surface area contributed by atoms with Crippen LogP contribution >= 0.6 is 15.9 Å². The van der Waals surface area contributed by atoms with Crippen LogP contribution in [0.4, 0.5) is 5.69 Å². The Hall–Kier alpha value is -1.43. The first-order chi connectivity index (χ1) is 7.59. The number of aliphatic carboxylic acids is 1. The summed E-state index contributed by atoms with van der Waals surface area (Å²) >= 11 is 3.31. The molecule has 2 heterocycles. The Morgan fingerprint density at radius 1 is 1.62 bits per heavy atom. The van der Waals surface area contributed by atoms with Crippen LogP contribution in [0.5, 0.6) is 0 Å². The van der Waals surface area contributed by atoms with Crippen molar-refractivity contribution in [1.29, 1.82) is 0 Å². The molecule has 0 bridgehead atoms. The second kappa shape index (κ2) is 4.21. The highest BCUT2D eigenvalue weighted by Gasteiger charge is 2.35. The monoisotopic (exact) mass is 284 g/mol. The number of halogens is 1. The van der Waals surface area contributed by atoms with E-state index in [0.29, 0.717) is 5.69 Å². The van der Waals surface area contributed by atoms with Crippen molar-refractivity contribution in [2.24, 2.45) is 5.92 Å². The van der Waals surface area contributed by atoms with Crippen LogP contribution in [0.2, 0.25) is 0 Å². The summed E-state index contributed by atoms with van der Waals surface area (Å²) < 4.78 is 0.738. The summed E-state index contributed by atoms with van der Waals surface area (Å²) in [6.07, 6.45) is 3.20. The second-order valence-corrected chi connectivity index (χ2v) is 4.43. The first-order valence-electron chi connectivity index (χ1n) is 4.72. The number of carboxylic acid groups (broad SMARTS) is 1. The van der Waals surface area contributed by atoms with E-state index in [4.69, 9.17) is 5.11 Å². The molecule has 0 aromatic carbocycles. The lowest BCUT2D eigenvalue weighted by Crippen LogP contribution is -2.26. The zero-order chi connectivity index (χ0) is 11.7. The van der Waals surface area contributed by atoms with E-state index in [1.807, 2.05) is 0 Å². The van der Waals surface area contributed by atoms with Crippen molar-refractivity contribution in [2.75, 3.05) is 11.4 Å². The molecule has 2 rings (SSSR count). The molecule has 1 unspecified atom stereocenters. The van der Waals surface area contributed by atoms with Gasteiger partial charge in [0.15, 0.2) is 0 Å². The number of aromatic nitrogens is 1. The Balaban J connectivity index is 2.27. The molecule has 0 aliphatic carbocycles. The molecule has 5 nitrogen and oxygen atoms in total. The molecule has 16 heavy (non-hydrogen) atoms. The molecule has 1 aromatic rings. The van der Waals surface area contributed by atoms with E-state index >= 15 is 0 Å². The third kappa shape index (κ3) is 1.92. The first-order valence-corrected chi connectivity index (χ1v) is 5.51. The zero-order valence-electron chi connectivity index (χ0n) is 8.26. The number of rotatable bonds is 2. The lowest BCUT2D eigenvalue weighted by atomic mass is 10.1. The van der Waals surface area contributed by atoms with Gasteiger partial charge in [-0.1, -0.05) is 0 Å². The number of nitrogens with zero attached hydrogens (tertiary/aromatic N) is 2. The van der Waals surface area contributed by atoms with Crippen LogP contribution in [0, 0.1) is 5.92 Å². The Kier molecular flexibility index (Phi) is 2.91. The largest absolute Gasteiger partial charge is 0.481 e. The van der Waals surface area contributed by atoms with Crippen LogP contribution in [-0.2, 0) is 9.59 Å². The number of anilines is 1. The van der Waals surface area contributed by atoms with Crippen LogP contribution in [0.25, 0.3) is 0 Å². The van der Waals surface area contributed by atoms with Crippen LogP contribution in [0.15, 0.2) is 22.9 Å². The molecule has 84 valence electrons. The number of carbonyl (C=O) groups is 2. The minimum Gasteiger partial charge on any atom is -0.481 e. The lowest BCUT2D eigenvalue weighted by Gasteiger charge is -2.16. The number of carbonyl (C=O) groups excluding carboxylic acids is 1. The Bertz CT molecular complexity index is 449. The van der Waals surface area contributed by atoms with E-state index in [-0.39, 0.29) is 18.9 Å². The third-order valence-corrected chi connectivity index (χ3v) is 3.18. The van der Waals surface area contributed by atoms with Crippen molar-refractivity contribution >= 4 is 33.5 Å². The second-order valence-electron chi connectivity index (χ2n) is 3.57. The van der Waals surface area contributed by atoms with E-state index in [1.165, 1.54) is 4.90 Å². The molecular formula is C10H9BrN2O3. The lowest BCUT2D eigenvalue weighted by molar-refractivity contribution is -0.141. The predicted molar refractivity (Wildman–Crippen MR) is 60.0 cm³/mol. The van der Waals surface area contributed by atoms with E-state index in [1.54, 1.807) is 18.5 Å². The first kappa shape index (κ1) is 11.1. The van der Waals surface area contributed by atoms with Crippen molar-refractivity contribution in [3.05, 3.63) is 22.9 Å². The zero-order valence-corrected chi connectivity index (χ0v) is 9.85. The number of hydrogen-bond donors (Lipinski definition) is 1. The van der Waals surface area contributed by atoms with Crippen molar-refractivity contribution in [1.82, 2.24) is 4.98 Å². The number of carboxylic acids is 1. The van der Waals surface area contributed by atoms with Gasteiger partial charge in [0.05, 0.1) is 17.8 Å². The normalized spacial score (nSPS) is 20.2. The molecule has 1 aliphatic heterocycles. The predicted octanol–water partition coefficient (Wildman–Crippen LogP) is 1.28. The minimum absolute atomic E-state index is 0.0522. The van der Waals surface area contributed by atoms with Gasteiger partial charge in [-0.2, -0.15) is 0 Å². The van der Waals surface area contributed by atoms with Crippen molar-refractivity contribution < 1.29 is 14.7 Å². The Morgan fingerprint density at radius 3 is 2.94 bits per heavy atom. The van der Waals surface area contributed by atoms with E-state index in [9.17, 15) is 9.59 Å². The minimum atomic E-state index is -0.934. The van der Waals surface area contributed by atoms with Crippen molar-refractivity contribution in [3.63, 3.8) is 0 Å². The Labute approximate surface area is 100 Å². The topological polar surface area (TPSA) is 70.5 Å². The molecule has 1 aliphatic rings. The summed E-state index contributed by atoms with van der Waals surface area (Å²) in [7, 11) is 0. The van der Waals surface area contributed by atoms with Gasteiger partial charge in [-0.15, -0.1) is 0 Å². The fourth-order valence-corrected chi connectivity index (χ4v) is 2.11. The fraction of sp³-hybridized carbons (Fsp3) is 0.300. The summed E-state index contributed by atoms with van der Waals surface area (Å²) in [5, 5.41) is 8.86. The average Bonchev–Trinajstić information content (AvgIpc) is 2.61. The highest BCUT2D eigenvalue weighted by Crippen LogP contribution is 2.30. The molecule has 0 spiro atoms. The van der Waals surface area contributed by atoms with E-state index in [0.717, 1.165) is 4.47 Å². The van der Waals surface area contributed by atoms with Crippen molar-refractivity contribution in [3.8, 4) is 0 Å². The molecule has 1 saturated heterocycles. The van der Waals surface area contributed by atoms with Crippen LogP contribution < -0.4 is 4.90 Å². The molecule has 6 heteroatoms. The highest BCUT2D eigenvalue weighted by atomic mass is 79.9.